The van der Waals surface area contributed by atoms with E-state index in [2.05, 4.69) is 17.8 Å². The number of hydrogen-bond acceptors (Lipinski definition) is 4. The maximum Gasteiger partial charge on any atom is 0.200 e. The smallest absolute Gasteiger partial charge is 0.200 e. The lowest BCUT2D eigenvalue weighted by atomic mass is 10.2. The molecule has 46 valence electrons. The summed E-state index contributed by atoms with van der Waals surface area (Å²) in [6.07, 6.45) is 0. The van der Waals surface area contributed by atoms with Crippen LogP contribution in [0.1, 0.15) is 13.8 Å². The van der Waals surface area contributed by atoms with Crippen molar-refractivity contribution in [2.24, 2.45) is 5.18 Å². The zero-order valence-electron chi connectivity index (χ0n) is 4.71. The third kappa shape index (κ3) is 1.61. The molecule has 3 nitrogen and oxygen atoms in total. The summed E-state index contributed by atoms with van der Waals surface area (Å²) in [5.41, 5.74) is 0. The summed E-state index contributed by atoms with van der Waals surface area (Å²) in [4.78, 5) is 18.7. The molecule has 4 heteroatoms. The maximum atomic E-state index is 10.3. The van der Waals surface area contributed by atoms with Gasteiger partial charge in [-0.2, -0.15) is 0 Å². The molecule has 0 spiro atoms. The van der Waals surface area contributed by atoms with Gasteiger partial charge in [0.25, 0.3) is 0 Å². The van der Waals surface area contributed by atoms with Crippen LogP contribution in [0.4, 0.5) is 0 Å². The van der Waals surface area contributed by atoms with Crippen LogP contribution in [-0.2, 0) is 4.79 Å². The Labute approximate surface area is 52.8 Å². The van der Waals surface area contributed by atoms with E-state index in [1.54, 1.807) is 0 Å². The lowest BCUT2D eigenvalue weighted by Gasteiger charge is -2.06. The average molecular weight is 133 g/mol. The van der Waals surface area contributed by atoms with E-state index in [0.29, 0.717) is 0 Å². The van der Waals surface area contributed by atoms with E-state index in [9.17, 15) is 9.70 Å². The second-order valence-corrected chi connectivity index (χ2v) is 2.54. The lowest BCUT2D eigenvalue weighted by molar-refractivity contribution is -0.118. The fourth-order valence-corrected chi connectivity index (χ4v) is 0.0643. The first kappa shape index (κ1) is 7.62. The Hall–Kier alpha value is -0.380. The van der Waals surface area contributed by atoms with Crippen molar-refractivity contribution in [2.45, 2.75) is 18.7 Å². The van der Waals surface area contributed by atoms with Gasteiger partial charge in [-0.25, -0.2) is 0 Å². The van der Waals surface area contributed by atoms with Crippen LogP contribution < -0.4 is 0 Å². The fraction of sp³-hybridized carbons (Fsp3) is 0.750. The normalized spacial score (nSPS) is 16.9. The molecule has 0 aliphatic carbocycles. The lowest BCUT2D eigenvalue weighted by Crippen LogP contribution is -2.22. The molecule has 0 heterocycles. The quantitative estimate of drug-likeness (QED) is 0.451. The van der Waals surface area contributed by atoms with Crippen molar-refractivity contribution in [3.63, 3.8) is 0 Å². The summed E-state index contributed by atoms with van der Waals surface area (Å²) in [5.74, 6) is -0.337. The number of carbonyl (C=O) groups excluding carboxylic acids is 1. The highest BCUT2D eigenvalue weighted by Crippen LogP contribution is 2.14. The second kappa shape index (κ2) is 2.26. The van der Waals surface area contributed by atoms with Crippen molar-refractivity contribution < 1.29 is 4.79 Å². The minimum absolute atomic E-state index is 0.337. The highest BCUT2D eigenvalue weighted by atomic mass is 32.1. The number of hydrogen-bond donors (Lipinski definition) is 1. The zero-order chi connectivity index (χ0) is 6.78. The Balaban J connectivity index is 4.12. The topological polar surface area (TPSA) is 46.5 Å². The van der Waals surface area contributed by atoms with Gasteiger partial charge in [0.15, 0.2) is 10.7 Å². The second-order valence-electron chi connectivity index (χ2n) is 1.67. The SMILES string of the molecule is CC(=O)C(C)(S)N=O. The minimum Gasteiger partial charge on any atom is -0.296 e. The highest BCUT2D eigenvalue weighted by molar-refractivity contribution is 7.82. The largest absolute Gasteiger partial charge is 0.296 e. The van der Waals surface area contributed by atoms with E-state index in [4.69, 9.17) is 0 Å². The molecular weight excluding hydrogens is 126 g/mol. The summed E-state index contributed by atoms with van der Waals surface area (Å²) < 4.78 is 0. The minimum atomic E-state index is -1.33. The van der Waals surface area contributed by atoms with Gasteiger partial charge in [0, 0.05) is 0 Å². The van der Waals surface area contributed by atoms with Crippen LogP contribution in [0.5, 0.6) is 0 Å². The molecule has 0 amide bonds. The molecule has 1 atom stereocenters. The highest BCUT2D eigenvalue weighted by Gasteiger charge is 2.25. The first-order chi connectivity index (χ1) is 3.50. The van der Waals surface area contributed by atoms with E-state index in [1.165, 1.54) is 13.8 Å². The summed E-state index contributed by atoms with van der Waals surface area (Å²) in [6, 6.07) is 0. The molecule has 1 unspecified atom stereocenters. The van der Waals surface area contributed by atoms with Gasteiger partial charge in [0.05, 0.1) is 0 Å². The number of carbonyl (C=O) groups is 1. The van der Waals surface area contributed by atoms with Crippen molar-refractivity contribution in [1.29, 1.82) is 0 Å². The molecule has 0 radical (unpaired) electrons. The van der Waals surface area contributed by atoms with E-state index >= 15 is 0 Å². The van der Waals surface area contributed by atoms with Gasteiger partial charge in [-0.1, -0.05) is 0 Å². The third-order valence-corrected chi connectivity index (χ3v) is 1.24. The van der Waals surface area contributed by atoms with E-state index < -0.39 is 4.87 Å². The predicted octanol–water partition coefficient (Wildman–Crippen LogP) is 0.988. The zero-order valence-corrected chi connectivity index (χ0v) is 5.61. The summed E-state index contributed by atoms with van der Waals surface area (Å²) in [6.45, 7) is 2.62. The number of nitroso groups, excluding NO2 is 1. The van der Waals surface area contributed by atoms with Gasteiger partial charge in [0.1, 0.15) is 0 Å². The van der Waals surface area contributed by atoms with Gasteiger partial charge in [-0.3, -0.25) is 4.79 Å². The average Bonchev–Trinajstić information content (AvgIpc) is 1.67. The molecule has 0 saturated carbocycles. The van der Waals surface area contributed by atoms with Crippen LogP contribution in [0.2, 0.25) is 0 Å². The van der Waals surface area contributed by atoms with E-state index in [0.717, 1.165) is 0 Å². The Morgan fingerprint density at radius 1 is 1.75 bits per heavy atom. The Morgan fingerprint density at radius 2 is 2.12 bits per heavy atom. The number of nitrogens with zero attached hydrogens (tertiary/aromatic N) is 1. The third-order valence-electron chi connectivity index (χ3n) is 0.845. The van der Waals surface area contributed by atoms with Crippen molar-refractivity contribution in [1.82, 2.24) is 0 Å². The van der Waals surface area contributed by atoms with Crippen LogP contribution in [0, 0.1) is 4.91 Å². The fourth-order valence-electron chi connectivity index (χ4n) is 0.0643. The molecule has 8 heavy (non-hydrogen) atoms. The van der Waals surface area contributed by atoms with Crippen molar-refractivity contribution in [3.8, 4) is 0 Å². The molecule has 0 N–H and O–H groups in total. The standard InChI is InChI=1S/C4H7NO2S/c1-3(6)4(2,8)5-7/h8H,1-2H3. The molecule has 0 aromatic heterocycles. The Bertz CT molecular complexity index is 121. The Kier molecular flexibility index (Phi) is 2.15. The van der Waals surface area contributed by atoms with Crippen LogP contribution in [0.15, 0.2) is 5.18 Å². The van der Waals surface area contributed by atoms with Gasteiger partial charge in [-0.15, -0.1) is 17.5 Å². The summed E-state index contributed by atoms with van der Waals surface area (Å²) in [7, 11) is 0. The molecule has 0 saturated heterocycles. The van der Waals surface area contributed by atoms with Crippen LogP contribution >= 0.6 is 12.6 Å². The first-order valence-corrected chi connectivity index (χ1v) is 2.53. The van der Waals surface area contributed by atoms with Crippen LogP contribution in [-0.4, -0.2) is 10.7 Å². The van der Waals surface area contributed by atoms with Gasteiger partial charge in [-0.05, 0) is 19.0 Å². The number of thiol groups is 1. The summed E-state index contributed by atoms with van der Waals surface area (Å²) in [5, 5.41) is 2.48. The number of rotatable bonds is 2. The van der Waals surface area contributed by atoms with E-state index in [-0.39, 0.29) is 5.78 Å². The van der Waals surface area contributed by atoms with Crippen molar-refractivity contribution >= 4 is 18.4 Å². The number of ketones is 1. The maximum absolute atomic E-state index is 10.3. The number of Topliss-reactive ketones (excluding diaryl/α,β-unsaturated/α-hetero) is 1. The van der Waals surface area contributed by atoms with Gasteiger partial charge in [0.2, 0.25) is 0 Å². The van der Waals surface area contributed by atoms with Crippen LogP contribution in [0.25, 0.3) is 0 Å². The molecule has 0 aliphatic heterocycles. The molecule has 0 bridgehead atoms. The van der Waals surface area contributed by atoms with Crippen LogP contribution in [0.3, 0.4) is 0 Å². The van der Waals surface area contributed by atoms with Gasteiger partial charge >= 0.3 is 0 Å². The predicted molar refractivity (Wildman–Crippen MR) is 33.9 cm³/mol. The first-order valence-electron chi connectivity index (χ1n) is 2.08. The molecule has 0 aromatic carbocycles. The molecule has 0 aliphatic rings. The van der Waals surface area contributed by atoms with Crippen molar-refractivity contribution in [3.05, 3.63) is 4.91 Å². The van der Waals surface area contributed by atoms with E-state index in [1.807, 2.05) is 0 Å². The van der Waals surface area contributed by atoms with Crippen molar-refractivity contribution in [2.75, 3.05) is 0 Å². The monoisotopic (exact) mass is 133 g/mol. The molecule has 0 rings (SSSR count). The molecule has 0 aromatic rings. The Morgan fingerprint density at radius 3 is 2.12 bits per heavy atom. The molecule has 0 fully saturated rings. The molecular formula is C4H7NO2S. The summed E-state index contributed by atoms with van der Waals surface area (Å²) >= 11 is 3.65. The van der Waals surface area contributed by atoms with Gasteiger partial charge < -0.3 is 0 Å².